The van der Waals surface area contributed by atoms with Gasteiger partial charge in [0.2, 0.25) is 0 Å². The molecule has 0 bridgehead atoms. The zero-order valence-electron chi connectivity index (χ0n) is 28.5. The molecule has 45 heavy (non-hydrogen) atoms. The van der Waals surface area contributed by atoms with E-state index in [1.807, 2.05) is 0 Å². The van der Waals surface area contributed by atoms with Gasteiger partial charge in [-0.3, -0.25) is 0 Å². The number of hydrogen-bond donors (Lipinski definition) is 2. The van der Waals surface area contributed by atoms with Crippen LogP contribution in [0.3, 0.4) is 0 Å². The van der Waals surface area contributed by atoms with Crippen molar-refractivity contribution in [2.75, 3.05) is 10.6 Å². The molecule has 2 nitrogen and oxygen atoms in total. The molecule has 0 saturated heterocycles. The van der Waals surface area contributed by atoms with E-state index in [1.165, 1.54) is 67.0 Å². The molecule has 0 aliphatic heterocycles. The van der Waals surface area contributed by atoms with Gasteiger partial charge in [-0.25, -0.2) is 0 Å². The van der Waals surface area contributed by atoms with Crippen LogP contribution in [0.15, 0.2) is 95.5 Å². The molecule has 0 amide bonds. The molecule has 0 fully saturated rings. The zero-order chi connectivity index (χ0) is 32.7. The maximum atomic E-state index is 3.82. The van der Waals surface area contributed by atoms with Gasteiger partial charge in [0.25, 0.3) is 0 Å². The van der Waals surface area contributed by atoms with Gasteiger partial charge in [-0.05, 0) is 125 Å². The molecule has 0 aliphatic carbocycles. The first kappa shape index (κ1) is 32.6. The van der Waals surface area contributed by atoms with Crippen molar-refractivity contribution in [2.45, 2.75) is 80.1 Å². The molecule has 5 aromatic carbocycles. The molecule has 0 aliphatic rings. The van der Waals surface area contributed by atoms with Crippen molar-refractivity contribution in [2.24, 2.45) is 0 Å². The van der Waals surface area contributed by atoms with Gasteiger partial charge in [-0.1, -0.05) is 112 Å². The van der Waals surface area contributed by atoms with Gasteiger partial charge < -0.3 is 10.6 Å². The number of aryl methyl sites for hydroxylation is 4. The van der Waals surface area contributed by atoms with Crippen LogP contribution in [-0.2, 0) is 10.8 Å². The standard InChI is InChI=1S/C42H47BrN2/c1-26-21-33(41(5,6)7)22-27(2)39(26)44-36-18-13-30(14-19-36)32-15-20-38(37(25-32)31-11-16-35(43)17-12-31)45-40-28(3)23-34(24-29(40)4)42(8,9)10/h11-25,44-45H,1-10H3. The molecule has 5 aromatic rings. The smallest absolute Gasteiger partial charge is 0.0464 e. The summed E-state index contributed by atoms with van der Waals surface area (Å²) in [5.74, 6) is 0. The molecule has 5 rings (SSSR count). The summed E-state index contributed by atoms with van der Waals surface area (Å²) >= 11 is 3.61. The molecule has 0 aromatic heterocycles. The van der Waals surface area contributed by atoms with Crippen molar-refractivity contribution in [1.82, 2.24) is 0 Å². The van der Waals surface area contributed by atoms with Crippen LogP contribution in [0.5, 0.6) is 0 Å². The molecule has 2 N–H and O–H groups in total. The SMILES string of the molecule is Cc1cc(C(C)(C)C)cc(C)c1Nc1ccc(-c2ccc(Nc3c(C)cc(C(C)(C)C)cc3C)c(-c3ccc(Br)cc3)c2)cc1. The summed E-state index contributed by atoms with van der Waals surface area (Å²) < 4.78 is 1.07. The van der Waals surface area contributed by atoms with Crippen LogP contribution in [0.25, 0.3) is 22.3 Å². The van der Waals surface area contributed by atoms with Gasteiger partial charge in [0.15, 0.2) is 0 Å². The Morgan fingerprint density at radius 3 is 1.36 bits per heavy atom. The minimum atomic E-state index is 0.109. The van der Waals surface area contributed by atoms with E-state index < -0.39 is 0 Å². The quantitative estimate of drug-likeness (QED) is 0.190. The van der Waals surface area contributed by atoms with E-state index in [1.54, 1.807) is 0 Å². The van der Waals surface area contributed by atoms with E-state index >= 15 is 0 Å². The van der Waals surface area contributed by atoms with E-state index in [9.17, 15) is 0 Å². The minimum Gasteiger partial charge on any atom is -0.355 e. The lowest BCUT2D eigenvalue weighted by atomic mass is 9.84. The first-order valence-corrected chi connectivity index (χ1v) is 16.7. The van der Waals surface area contributed by atoms with Crippen molar-refractivity contribution >= 4 is 38.7 Å². The van der Waals surface area contributed by atoms with E-state index in [-0.39, 0.29) is 10.8 Å². The first-order chi connectivity index (χ1) is 21.1. The molecular weight excluding hydrogens is 612 g/mol. The van der Waals surface area contributed by atoms with E-state index in [0.717, 1.165) is 15.8 Å². The Labute approximate surface area is 279 Å². The Kier molecular flexibility index (Phi) is 9.06. The lowest BCUT2D eigenvalue weighted by Gasteiger charge is -2.23. The summed E-state index contributed by atoms with van der Waals surface area (Å²) in [6, 6.07) is 33.4. The van der Waals surface area contributed by atoms with Crippen LogP contribution in [-0.4, -0.2) is 0 Å². The van der Waals surface area contributed by atoms with Gasteiger partial charge in [0, 0.05) is 32.8 Å². The molecule has 0 saturated carbocycles. The van der Waals surface area contributed by atoms with Crippen LogP contribution in [0.2, 0.25) is 0 Å². The summed E-state index contributed by atoms with van der Waals surface area (Å²) in [4.78, 5) is 0. The maximum Gasteiger partial charge on any atom is 0.0464 e. The monoisotopic (exact) mass is 658 g/mol. The third-order valence-electron chi connectivity index (χ3n) is 8.72. The predicted octanol–water partition coefficient (Wildman–Crippen LogP) is 13.1. The van der Waals surface area contributed by atoms with Crippen molar-refractivity contribution in [3.8, 4) is 22.3 Å². The number of halogens is 1. The van der Waals surface area contributed by atoms with Crippen LogP contribution < -0.4 is 10.6 Å². The summed E-state index contributed by atoms with van der Waals surface area (Å²) in [5, 5.41) is 7.50. The fraction of sp³-hybridized carbons (Fsp3) is 0.286. The second-order valence-corrected chi connectivity index (χ2v) is 15.5. The lowest BCUT2D eigenvalue weighted by Crippen LogP contribution is -2.12. The van der Waals surface area contributed by atoms with Crippen LogP contribution in [0, 0.1) is 27.7 Å². The predicted molar refractivity (Wildman–Crippen MR) is 201 cm³/mol. The number of anilines is 4. The molecule has 0 radical (unpaired) electrons. The molecule has 0 unspecified atom stereocenters. The number of rotatable bonds is 6. The van der Waals surface area contributed by atoms with Gasteiger partial charge in [-0.15, -0.1) is 0 Å². The Hall–Kier alpha value is -3.82. The Bertz CT molecular complexity index is 1790. The highest BCUT2D eigenvalue weighted by Crippen LogP contribution is 2.38. The van der Waals surface area contributed by atoms with E-state index in [0.29, 0.717) is 0 Å². The van der Waals surface area contributed by atoms with Crippen molar-refractivity contribution in [3.05, 3.63) is 129 Å². The molecule has 0 spiro atoms. The lowest BCUT2D eigenvalue weighted by molar-refractivity contribution is 0.589. The van der Waals surface area contributed by atoms with Gasteiger partial charge >= 0.3 is 0 Å². The first-order valence-electron chi connectivity index (χ1n) is 15.9. The van der Waals surface area contributed by atoms with E-state index in [2.05, 4.69) is 187 Å². The van der Waals surface area contributed by atoms with Crippen molar-refractivity contribution < 1.29 is 0 Å². The average Bonchev–Trinajstić information content (AvgIpc) is 2.96. The van der Waals surface area contributed by atoms with Crippen LogP contribution in [0.4, 0.5) is 22.7 Å². The van der Waals surface area contributed by atoms with Crippen LogP contribution >= 0.6 is 15.9 Å². The second kappa shape index (κ2) is 12.5. The Morgan fingerprint density at radius 1 is 0.467 bits per heavy atom. The molecular formula is C42H47BrN2. The second-order valence-electron chi connectivity index (χ2n) is 14.6. The largest absolute Gasteiger partial charge is 0.355 e. The third kappa shape index (κ3) is 7.36. The summed E-state index contributed by atoms with van der Waals surface area (Å²) in [5.41, 5.74) is 17.3. The summed E-state index contributed by atoms with van der Waals surface area (Å²) in [6.45, 7) is 22.4. The van der Waals surface area contributed by atoms with Crippen LogP contribution in [0.1, 0.15) is 74.9 Å². The highest BCUT2D eigenvalue weighted by atomic mass is 79.9. The number of hydrogen-bond acceptors (Lipinski definition) is 2. The fourth-order valence-corrected chi connectivity index (χ4v) is 6.18. The Morgan fingerprint density at radius 2 is 0.889 bits per heavy atom. The molecule has 0 atom stereocenters. The van der Waals surface area contributed by atoms with Gasteiger partial charge in [0.05, 0.1) is 0 Å². The highest BCUT2D eigenvalue weighted by Gasteiger charge is 2.18. The highest BCUT2D eigenvalue weighted by molar-refractivity contribution is 9.10. The molecule has 3 heteroatoms. The van der Waals surface area contributed by atoms with Gasteiger partial charge in [-0.2, -0.15) is 0 Å². The Balaban J connectivity index is 1.48. The number of nitrogens with one attached hydrogen (secondary N) is 2. The summed E-state index contributed by atoms with van der Waals surface area (Å²) in [7, 11) is 0. The summed E-state index contributed by atoms with van der Waals surface area (Å²) in [6.07, 6.45) is 0. The third-order valence-corrected chi connectivity index (χ3v) is 9.25. The van der Waals surface area contributed by atoms with E-state index in [4.69, 9.17) is 0 Å². The average molecular weight is 660 g/mol. The fourth-order valence-electron chi connectivity index (χ4n) is 5.91. The molecule has 0 heterocycles. The molecule has 232 valence electrons. The topological polar surface area (TPSA) is 24.1 Å². The number of benzene rings is 5. The van der Waals surface area contributed by atoms with Crippen molar-refractivity contribution in [1.29, 1.82) is 0 Å². The maximum absolute atomic E-state index is 3.82. The zero-order valence-corrected chi connectivity index (χ0v) is 30.1. The minimum absolute atomic E-state index is 0.109. The normalized spacial score (nSPS) is 11.9. The van der Waals surface area contributed by atoms with Gasteiger partial charge in [0.1, 0.15) is 0 Å². The van der Waals surface area contributed by atoms with Crippen molar-refractivity contribution in [3.63, 3.8) is 0 Å².